The summed E-state index contributed by atoms with van der Waals surface area (Å²) in [6.07, 6.45) is 1.00. The van der Waals surface area contributed by atoms with E-state index in [9.17, 15) is 0 Å². The Balaban J connectivity index is 1.55. The van der Waals surface area contributed by atoms with E-state index in [0.29, 0.717) is 11.5 Å². The first kappa shape index (κ1) is 16.4. The van der Waals surface area contributed by atoms with Gasteiger partial charge in [0, 0.05) is 36.0 Å². The van der Waals surface area contributed by atoms with Gasteiger partial charge < -0.3 is 10.6 Å². The number of tetrazole rings is 1. The normalized spacial score (nSPS) is 13.4. The minimum Gasteiger partial charge on any atom is -0.399 e. The van der Waals surface area contributed by atoms with Crippen molar-refractivity contribution in [3.05, 3.63) is 71.8 Å². The van der Waals surface area contributed by atoms with Crippen molar-refractivity contribution in [2.24, 2.45) is 0 Å². The van der Waals surface area contributed by atoms with Gasteiger partial charge in [0.25, 0.3) is 0 Å². The summed E-state index contributed by atoms with van der Waals surface area (Å²) in [5, 5.41) is 14.2. The molecule has 0 radical (unpaired) electrons. The van der Waals surface area contributed by atoms with Gasteiger partial charge in [-0.3, -0.25) is 0 Å². The van der Waals surface area contributed by atoms with Crippen molar-refractivity contribution in [1.29, 1.82) is 0 Å². The Bertz CT molecular complexity index is 1120. The Morgan fingerprint density at radius 1 is 0.929 bits per heavy atom. The molecule has 5 rings (SSSR count). The number of nitrogens with zero attached hydrogens (tertiary/aromatic N) is 5. The van der Waals surface area contributed by atoms with Crippen LogP contribution in [-0.2, 0) is 13.0 Å². The number of nitrogen functional groups attached to an aromatic ring is 1. The van der Waals surface area contributed by atoms with E-state index in [-0.39, 0.29) is 0 Å². The maximum Gasteiger partial charge on any atom is 0.180 e. The highest BCUT2D eigenvalue weighted by Crippen LogP contribution is 2.32. The van der Waals surface area contributed by atoms with Gasteiger partial charge in [0.1, 0.15) is 5.82 Å². The van der Waals surface area contributed by atoms with Crippen LogP contribution in [0.3, 0.4) is 0 Å². The summed E-state index contributed by atoms with van der Waals surface area (Å²) in [5.74, 6) is 1.49. The minimum absolute atomic E-state index is 0.605. The molecular weight excluding hydrogens is 350 g/mol. The molecular formula is C21H19N7. The van der Waals surface area contributed by atoms with Crippen molar-refractivity contribution in [1.82, 2.24) is 25.6 Å². The molecule has 4 aromatic rings. The maximum atomic E-state index is 6.25. The molecule has 0 saturated heterocycles. The molecule has 3 heterocycles. The lowest BCUT2D eigenvalue weighted by Crippen LogP contribution is -2.31. The molecule has 0 unspecified atom stereocenters. The second-order valence-corrected chi connectivity index (χ2v) is 6.88. The number of pyridine rings is 1. The van der Waals surface area contributed by atoms with E-state index >= 15 is 0 Å². The number of nitrogens with two attached hydrogens (primary N) is 1. The molecule has 3 N–H and O–H groups in total. The Labute approximate surface area is 162 Å². The van der Waals surface area contributed by atoms with Gasteiger partial charge in [-0.1, -0.05) is 48.5 Å². The zero-order chi connectivity index (χ0) is 18.9. The molecule has 0 saturated carbocycles. The van der Waals surface area contributed by atoms with Gasteiger partial charge in [0.15, 0.2) is 5.82 Å². The summed E-state index contributed by atoms with van der Waals surface area (Å²) < 4.78 is 0. The molecule has 0 aliphatic carbocycles. The van der Waals surface area contributed by atoms with Crippen LogP contribution in [0, 0.1) is 0 Å². The average Bonchev–Trinajstić information content (AvgIpc) is 3.28. The van der Waals surface area contributed by atoms with Gasteiger partial charge in [0.2, 0.25) is 0 Å². The number of hydrogen-bond donors (Lipinski definition) is 2. The van der Waals surface area contributed by atoms with Crippen LogP contribution >= 0.6 is 0 Å². The van der Waals surface area contributed by atoms with Gasteiger partial charge in [-0.15, -0.1) is 5.10 Å². The van der Waals surface area contributed by atoms with Crippen molar-refractivity contribution in [3.8, 4) is 22.6 Å². The van der Waals surface area contributed by atoms with E-state index in [2.05, 4.69) is 49.8 Å². The highest BCUT2D eigenvalue weighted by Gasteiger charge is 2.19. The smallest absolute Gasteiger partial charge is 0.180 e. The van der Waals surface area contributed by atoms with Crippen LogP contribution in [0.2, 0.25) is 0 Å². The molecule has 0 bridgehead atoms. The summed E-state index contributed by atoms with van der Waals surface area (Å²) >= 11 is 0. The van der Waals surface area contributed by atoms with E-state index in [0.717, 1.165) is 42.1 Å². The minimum atomic E-state index is 0.605. The number of aromatic amines is 1. The lowest BCUT2D eigenvalue weighted by atomic mass is 9.99. The number of benzene rings is 2. The molecule has 2 aromatic heterocycles. The summed E-state index contributed by atoms with van der Waals surface area (Å²) in [5.41, 5.74) is 12.3. The zero-order valence-corrected chi connectivity index (χ0v) is 15.2. The lowest BCUT2D eigenvalue weighted by molar-refractivity contribution is 0.721. The third-order valence-corrected chi connectivity index (χ3v) is 5.09. The van der Waals surface area contributed by atoms with Crippen LogP contribution < -0.4 is 10.6 Å². The molecule has 1 aliphatic heterocycles. The first-order valence-corrected chi connectivity index (χ1v) is 9.21. The third-order valence-electron chi connectivity index (χ3n) is 5.09. The number of rotatable bonds is 3. The zero-order valence-electron chi connectivity index (χ0n) is 15.2. The van der Waals surface area contributed by atoms with E-state index in [1.54, 1.807) is 0 Å². The van der Waals surface area contributed by atoms with Crippen LogP contribution in [-0.4, -0.2) is 32.2 Å². The Kier molecular flexibility index (Phi) is 3.97. The molecule has 2 aromatic carbocycles. The van der Waals surface area contributed by atoms with Crippen molar-refractivity contribution >= 4 is 11.5 Å². The first-order valence-electron chi connectivity index (χ1n) is 9.21. The van der Waals surface area contributed by atoms with Crippen LogP contribution in [0.15, 0.2) is 60.7 Å². The SMILES string of the molecule is Nc1cc(-c2ccccc2-c2nnn[nH]2)nc(N2CCc3ccccc3C2)c1. The molecule has 7 nitrogen and oxygen atoms in total. The number of hydrogen-bond acceptors (Lipinski definition) is 6. The first-order chi connectivity index (χ1) is 13.8. The number of anilines is 2. The quantitative estimate of drug-likeness (QED) is 0.576. The summed E-state index contributed by atoms with van der Waals surface area (Å²) in [4.78, 5) is 7.21. The fourth-order valence-corrected chi connectivity index (χ4v) is 3.71. The van der Waals surface area contributed by atoms with Crippen LogP contribution in [0.25, 0.3) is 22.6 Å². The second kappa shape index (κ2) is 6.77. The summed E-state index contributed by atoms with van der Waals surface area (Å²) in [6, 6.07) is 20.3. The van der Waals surface area contributed by atoms with Gasteiger partial charge >= 0.3 is 0 Å². The molecule has 0 atom stereocenters. The topological polar surface area (TPSA) is 96.6 Å². The van der Waals surface area contributed by atoms with Crippen molar-refractivity contribution in [2.75, 3.05) is 17.2 Å². The molecule has 0 spiro atoms. The second-order valence-electron chi connectivity index (χ2n) is 6.88. The Morgan fingerprint density at radius 2 is 1.71 bits per heavy atom. The monoisotopic (exact) mass is 369 g/mol. The predicted octanol–water partition coefficient (Wildman–Crippen LogP) is 3.07. The van der Waals surface area contributed by atoms with Crippen molar-refractivity contribution < 1.29 is 0 Å². The molecule has 138 valence electrons. The lowest BCUT2D eigenvalue weighted by Gasteiger charge is -2.30. The van der Waals surface area contributed by atoms with Gasteiger partial charge in [-0.05, 0) is 34.0 Å². The molecule has 28 heavy (non-hydrogen) atoms. The molecule has 1 aliphatic rings. The van der Waals surface area contributed by atoms with Crippen LogP contribution in [0.1, 0.15) is 11.1 Å². The molecule has 0 fully saturated rings. The standard InChI is InChI=1S/C21H19N7/c22-16-11-19(17-7-3-4-8-18(17)21-24-26-27-25-21)23-20(12-16)28-10-9-14-5-1-2-6-15(14)13-28/h1-8,11-12H,9-10,13H2,(H2,22,23)(H,24,25,26,27). The number of H-pyrrole nitrogens is 1. The molecule has 7 heteroatoms. The van der Waals surface area contributed by atoms with Gasteiger partial charge in [0.05, 0.1) is 5.69 Å². The average molecular weight is 369 g/mol. The van der Waals surface area contributed by atoms with Crippen LogP contribution in [0.4, 0.5) is 11.5 Å². The van der Waals surface area contributed by atoms with E-state index in [1.807, 2.05) is 36.4 Å². The predicted molar refractivity (Wildman–Crippen MR) is 108 cm³/mol. The molecule has 0 amide bonds. The third kappa shape index (κ3) is 2.96. The fourth-order valence-electron chi connectivity index (χ4n) is 3.71. The van der Waals surface area contributed by atoms with Crippen molar-refractivity contribution in [3.63, 3.8) is 0 Å². The number of fused-ring (bicyclic) bond motifs is 1. The van der Waals surface area contributed by atoms with E-state index in [1.165, 1.54) is 11.1 Å². The largest absolute Gasteiger partial charge is 0.399 e. The van der Waals surface area contributed by atoms with E-state index in [4.69, 9.17) is 10.7 Å². The summed E-state index contributed by atoms with van der Waals surface area (Å²) in [6.45, 7) is 1.75. The maximum absolute atomic E-state index is 6.25. The highest BCUT2D eigenvalue weighted by atomic mass is 15.5. The number of aromatic nitrogens is 5. The van der Waals surface area contributed by atoms with Crippen molar-refractivity contribution in [2.45, 2.75) is 13.0 Å². The summed E-state index contributed by atoms with van der Waals surface area (Å²) in [7, 11) is 0. The highest BCUT2D eigenvalue weighted by molar-refractivity contribution is 5.80. The Morgan fingerprint density at radius 3 is 2.54 bits per heavy atom. The van der Waals surface area contributed by atoms with Crippen LogP contribution in [0.5, 0.6) is 0 Å². The van der Waals surface area contributed by atoms with Gasteiger partial charge in [-0.25, -0.2) is 10.1 Å². The van der Waals surface area contributed by atoms with E-state index < -0.39 is 0 Å². The fraction of sp³-hybridized carbons (Fsp3) is 0.143. The number of nitrogens with one attached hydrogen (secondary N) is 1. The Hall–Kier alpha value is -3.74. The van der Waals surface area contributed by atoms with Gasteiger partial charge in [-0.2, -0.15) is 0 Å².